The van der Waals surface area contributed by atoms with Crippen molar-refractivity contribution in [1.82, 2.24) is 3.11 Å². The van der Waals surface area contributed by atoms with Gasteiger partial charge in [-0.2, -0.15) is 0 Å². The Labute approximate surface area is 61.5 Å². The highest BCUT2D eigenvalue weighted by Crippen LogP contribution is 1.96. The largest absolute Gasteiger partial charge is 0.464 e. The Kier molecular flexibility index (Phi) is 3.59. The van der Waals surface area contributed by atoms with Gasteiger partial charge in [-0.1, -0.05) is 6.08 Å². The number of halogens is 1. The van der Waals surface area contributed by atoms with Gasteiger partial charge in [0, 0.05) is 0 Å². The molecule has 1 N–H and O–H groups in total. The van der Waals surface area contributed by atoms with E-state index in [0.29, 0.717) is 6.54 Å². The van der Waals surface area contributed by atoms with E-state index in [1.54, 1.807) is 22.9 Å². The third kappa shape index (κ3) is 2.84. The summed E-state index contributed by atoms with van der Waals surface area (Å²) in [5, 5.41) is 8.18. The minimum atomic E-state index is -0.939. The smallest absolute Gasteiger partial charge is 0.416 e. The summed E-state index contributed by atoms with van der Waals surface area (Å²) in [6.07, 6.45) is 0.589. The first-order valence-electron chi connectivity index (χ1n) is 1.95. The Morgan fingerprint density at radius 3 is 2.62 bits per heavy atom. The fourth-order valence-electron chi connectivity index (χ4n) is 0.191. The van der Waals surface area contributed by atoms with Crippen LogP contribution in [0.4, 0.5) is 4.79 Å². The molecular formula is C4H6INO2. The van der Waals surface area contributed by atoms with Crippen LogP contribution in [0.2, 0.25) is 0 Å². The molecule has 0 aliphatic carbocycles. The van der Waals surface area contributed by atoms with Gasteiger partial charge in [0.1, 0.15) is 0 Å². The number of carboxylic acid groups (broad SMARTS) is 1. The van der Waals surface area contributed by atoms with E-state index in [1.807, 2.05) is 0 Å². The van der Waals surface area contributed by atoms with Crippen molar-refractivity contribution >= 4 is 29.0 Å². The predicted molar refractivity (Wildman–Crippen MR) is 38.9 cm³/mol. The fraction of sp³-hybridized carbons (Fsp3) is 0.250. The van der Waals surface area contributed by atoms with Crippen molar-refractivity contribution in [1.29, 1.82) is 0 Å². The molecule has 0 spiro atoms. The monoisotopic (exact) mass is 227 g/mol. The van der Waals surface area contributed by atoms with Crippen LogP contribution in [0.15, 0.2) is 12.7 Å². The standard InChI is InChI=1S/C4H6INO2/c1-2-3-6(5)4(7)8/h2H,1,3H2,(H,7,8). The average Bonchev–Trinajstić information content (AvgIpc) is 1.67. The van der Waals surface area contributed by atoms with Crippen LogP contribution in [0, 0.1) is 0 Å². The molecule has 0 aromatic heterocycles. The van der Waals surface area contributed by atoms with Crippen molar-refractivity contribution in [2.75, 3.05) is 6.54 Å². The summed E-state index contributed by atoms with van der Waals surface area (Å²) in [6.45, 7) is 3.74. The van der Waals surface area contributed by atoms with Gasteiger partial charge in [0.05, 0.1) is 29.4 Å². The Morgan fingerprint density at radius 1 is 2.00 bits per heavy atom. The summed E-state index contributed by atoms with van der Waals surface area (Å²) < 4.78 is 1.12. The first-order valence-corrected chi connectivity index (χ1v) is 2.92. The van der Waals surface area contributed by atoms with Gasteiger partial charge >= 0.3 is 6.09 Å². The first kappa shape index (κ1) is 7.74. The Hall–Kier alpha value is -0.260. The van der Waals surface area contributed by atoms with Crippen LogP contribution in [0.25, 0.3) is 0 Å². The molecule has 1 amide bonds. The maximum absolute atomic E-state index is 9.96. The van der Waals surface area contributed by atoms with Crippen LogP contribution in [0.5, 0.6) is 0 Å². The van der Waals surface area contributed by atoms with Crippen molar-refractivity contribution in [3.8, 4) is 0 Å². The number of carbonyl (C=O) groups is 1. The van der Waals surface area contributed by atoms with Crippen molar-refractivity contribution in [3.63, 3.8) is 0 Å². The second-order valence-corrected chi connectivity index (χ2v) is 2.28. The van der Waals surface area contributed by atoms with E-state index < -0.39 is 6.09 Å². The molecule has 0 aromatic rings. The van der Waals surface area contributed by atoms with Crippen molar-refractivity contribution in [3.05, 3.63) is 12.7 Å². The topological polar surface area (TPSA) is 40.5 Å². The van der Waals surface area contributed by atoms with Crippen LogP contribution in [0.1, 0.15) is 0 Å². The van der Waals surface area contributed by atoms with Crippen LogP contribution in [-0.4, -0.2) is 20.9 Å². The second kappa shape index (κ2) is 3.71. The Bertz CT molecular complexity index is 104. The molecule has 0 aliphatic heterocycles. The Morgan fingerprint density at radius 2 is 2.50 bits per heavy atom. The molecule has 4 heteroatoms. The van der Waals surface area contributed by atoms with Crippen LogP contribution in [-0.2, 0) is 0 Å². The van der Waals surface area contributed by atoms with Crippen molar-refractivity contribution in [2.45, 2.75) is 0 Å². The van der Waals surface area contributed by atoms with Crippen LogP contribution in [0.3, 0.4) is 0 Å². The lowest BCUT2D eigenvalue weighted by molar-refractivity contribution is 0.182. The van der Waals surface area contributed by atoms with Crippen LogP contribution >= 0.6 is 22.9 Å². The highest BCUT2D eigenvalue weighted by Gasteiger charge is 2.01. The number of amides is 1. The molecule has 0 saturated heterocycles. The summed E-state index contributed by atoms with van der Waals surface area (Å²) in [5.74, 6) is 0. The number of hydrogen-bond acceptors (Lipinski definition) is 1. The van der Waals surface area contributed by atoms with E-state index in [2.05, 4.69) is 6.58 Å². The molecule has 0 saturated carbocycles. The van der Waals surface area contributed by atoms with E-state index in [9.17, 15) is 4.79 Å². The van der Waals surface area contributed by atoms with Crippen molar-refractivity contribution in [2.24, 2.45) is 0 Å². The third-order valence-corrected chi connectivity index (χ3v) is 1.30. The SMILES string of the molecule is C=CCN(I)C(=O)O. The average molecular weight is 227 g/mol. The van der Waals surface area contributed by atoms with E-state index >= 15 is 0 Å². The second-order valence-electron chi connectivity index (χ2n) is 1.12. The zero-order chi connectivity index (χ0) is 6.57. The molecule has 0 unspecified atom stereocenters. The van der Waals surface area contributed by atoms with Gasteiger partial charge in [0.2, 0.25) is 0 Å². The van der Waals surface area contributed by atoms with E-state index in [1.165, 1.54) is 6.08 Å². The lowest BCUT2D eigenvalue weighted by Crippen LogP contribution is -2.17. The molecule has 0 rings (SSSR count). The summed E-state index contributed by atoms with van der Waals surface area (Å²) in [7, 11) is 0. The highest BCUT2D eigenvalue weighted by molar-refractivity contribution is 14.1. The van der Waals surface area contributed by atoms with Gasteiger partial charge in [0.15, 0.2) is 0 Å². The molecular weight excluding hydrogens is 221 g/mol. The fourth-order valence-corrected chi connectivity index (χ4v) is 0.470. The van der Waals surface area contributed by atoms with Gasteiger partial charge in [0.25, 0.3) is 0 Å². The lowest BCUT2D eigenvalue weighted by atomic mass is 10.6. The molecule has 0 atom stereocenters. The zero-order valence-corrected chi connectivity index (χ0v) is 6.33. The molecule has 0 aromatic carbocycles. The predicted octanol–water partition coefficient (Wildman–Crippen LogP) is 1.50. The minimum Gasteiger partial charge on any atom is -0.464 e. The number of hydrogen-bond donors (Lipinski definition) is 1. The van der Waals surface area contributed by atoms with Gasteiger partial charge in [-0.15, -0.1) is 6.58 Å². The summed E-state index contributed by atoms with van der Waals surface area (Å²) in [6, 6.07) is 0. The van der Waals surface area contributed by atoms with Crippen LogP contribution < -0.4 is 0 Å². The molecule has 3 nitrogen and oxygen atoms in total. The summed E-state index contributed by atoms with van der Waals surface area (Å²) in [4.78, 5) is 9.96. The van der Waals surface area contributed by atoms with E-state index in [-0.39, 0.29) is 0 Å². The Balaban J connectivity index is 3.46. The molecule has 46 valence electrons. The molecule has 8 heavy (non-hydrogen) atoms. The summed E-state index contributed by atoms with van der Waals surface area (Å²) >= 11 is 1.69. The quantitative estimate of drug-likeness (QED) is 0.441. The molecule has 0 radical (unpaired) electrons. The van der Waals surface area contributed by atoms with Gasteiger partial charge in [-0.25, -0.2) is 7.91 Å². The number of nitrogens with zero attached hydrogens (tertiary/aromatic N) is 1. The normalized spacial score (nSPS) is 8.12. The molecule has 0 fully saturated rings. The maximum Gasteiger partial charge on any atom is 0.416 e. The third-order valence-electron chi connectivity index (χ3n) is 0.497. The van der Waals surface area contributed by atoms with Crippen molar-refractivity contribution < 1.29 is 9.90 Å². The number of rotatable bonds is 2. The van der Waals surface area contributed by atoms with Gasteiger partial charge in [-0.3, -0.25) is 0 Å². The zero-order valence-electron chi connectivity index (χ0n) is 4.17. The molecule has 0 bridgehead atoms. The van der Waals surface area contributed by atoms with Gasteiger partial charge in [-0.05, 0) is 0 Å². The van der Waals surface area contributed by atoms with E-state index in [0.717, 1.165) is 3.11 Å². The first-order chi connectivity index (χ1) is 3.68. The van der Waals surface area contributed by atoms with E-state index in [4.69, 9.17) is 5.11 Å². The highest BCUT2D eigenvalue weighted by atomic mass is 127. The van der Waals surface area contributed by atoms with Gasteiger partial charge < -0.3 is 5.11 Å². The molecule has 0 aliphatic rings. The minimum absolute atomic E-state index is 0.371. The molecule has 0 heterocycles. The maximum atomic E-state index is 9.96. The summed E-state index contributed by atoms with van der Waals surface area (Å²) in [5.41, 5.74) is 0. The lowest BCUT2D eigenvalue weighted by Gasteiger charge is -2.04.